The second-order valence-corrected chi connectivity index (χ2v) is 7.88. The Hall–Kier alpha value is -1.97. The Labute approximate surface area is 170 Å². The lowest BCUT2D eigenvalue weighted by Crippen LogP contribution is -2.50. The van der Waals surface area contributed by atoms with Crippen LogP contribution in [-0.2, 0) is 16.0 Å². The molecule has 0 fully saturated rings. The van der Waals surface area contributed by atoms with Gasteiger partial charge in [0.25, 0.3) is 0 Å². The van der Waals surface area contributed by atoms with Crippen molar-refractivity contribution in [3.8, 4) is 5.75 Å². The molecule has 28 heavy (non-hydrogen) atoms. The summed E-state index contributed by atoms with van der Waals surface area (Å²) in [6, 6.07) is 3.54. The molecule has 1 aromatic rings. The molecule has 0 aliphatic carbocycles. The van der Waals surface area contributed by atoms with E-state index in [0.717, 1.165) is 10.0 Å². The predicted molar refractivity (Wildman–Crippen MR) is 101 cm³/mol. The molecule has 6 nitrogen and oxygen atoms in total. The summed E-state index contributed by atoms with van der Waals surface area (Å²) in [5, 5.41) is 4.40. The number of carbonyl (C=O) groups excluding carboxylic acids is 2. The summed E-state index contributed by atoms with van der Waals surface area (Å²) < 4.78 is 49.2. The average Bonchev–Trinajstić information content (AvgIpc) is 2.52. The van der Waals surface area contributed by atoms with Crippen molar-refractivity contribution in [1.29, 1.82) is 0 Å². The van der Waals surface area contributed by atoms with Crippen LogP contribution in [0.15, 0.2) is 22.7 Å². The fourth-order valence-electron chi connectivity index (χ4n) is 2.20. The van der Waals surface area contributed by atoms with Crippen LogP contribution in [0, 0.1) is 0 Å². The van der Waals surface area contributed by atoms with Crippen molar-refractivity contribution in [3.05, 3.63) is 28.2 Å². The number of alkyl carbamates (subject to hydrolysis) is 1. The molecule has 0 spiro atoms. The number of ether oxygens (including phenoxy) is 2. The fourth-order valence-corrected chi connectivity index (χ4v) is 2.61. The third-order valence-corrected chi connectivity index (χ3v) is 4.03. The molecule has 10 heteroatoms. The number of rotatable bonds is 7. The van der Waals surface area contributed by atoms with Crippen LogP contribution in [0.2, 0.25) is 0 Å². The zero-order valence-electron chi connectivity index (χ0n) is 16.1. The van der Waals surface area contributed by atoms with Crippen LogP contribution in [0.5, 0.6) is 5.75 Å². The maximum absolute atomic E-state index is 12.8. The Morgan fingerprint density at radius 1 is 1.21 bits per heavy atom. The van der Waals surface area contributed by atoms with Gasteiger partial charge in [0.15, 0.2) is 0 Å². The molecule has 0 aromatic heterocycles. The van der Waals surface area contributed by atoms with Crippen LogP contribution in [-0.4, -0.2) is 43.5 Å². The number of nitrogens with one attached hydrogen (secondary N) is 2. The summed E-state index contributed by atoms with van der Waals surface area (Å²) in [4.78, 5) is 23.9. The molecule has 0 bridgehead atoms. The molecule has 2 amide bonds. The highest BCUT2D eigenvalue weighted by atomic mass is 79.9. The number of alkyl halides is 3. The van der Waals surface area contributed by atoms with Gasteiger partial charge in [-0.3, -0.25) is 4.79 Å². The SMILES string of the molecule is COc1cc(CCNC(=O)[C@H](CC(F)(F)F)NC(=O)OC(C)(C)C)ccc1Br. The third kappa shape index (κ3) is 9.29. The maximum Gasteiger partial charge on any atom is 0.408 e. The molecule has 0 unspecified atom stereocenters. The number of hydrogen-bond donors (Lipinski definition) is 2. The Kier molecular flexibility index (Phi) is 8.59. The molecule has 0 aliphatic heterocycles. The Bertz CT molecular complexity index is 690. The summed E-state index contributed by atoms with van der Waals surface area (Å²) in [6.45, 7) is 4.79. The molecule has 2 N–H and O–H groups in total. The monoisotopic (exact) mass is 468 g/mol. The highest BCUT2D eigenvalue weighted by molar-refractivity contribution is 9.10. The summed E-state index contributed by atoms with van der Waals surface area (Å²) in [7, 11) is 1.51. The van der Waals surface area contributed by atoms with E-state index in [2.05, 4.69) is 21.2 Å². The number of benzene rings is 1. The van der Waals surface area contributed by atoms with E-state index in [-0.39, 0.29) is 6.54 Å². The number of amides is 2. The van der Waals surface area contributed by atoms with Gasteiger partial charge in [0.1, 0.15) is 17.4 Å². The summed E-state index contributed by atoms with van der Waals surface area (Å²) in [5.41, 5.74) is -0.0721. The Morgan fingerprint density at radius 2 is 1.86 bits per heavy atom. The van der Waals surface area contributed by atoms with Crippen LogP contribution in [0.1, 0.15) is 32.8 Å². The van der Waals surface area contributed by atoms with Crippen molar-refractivity contribution in [1.82, 2.24) is 10.6 Å². The second kappa shape index (κ2) is 9.99. The highest BCUT2D eigenvalue weighted by Gasteiger charge is 2.37. The van der Waals surface area contributed by atoms with E-state index in [0.29, 0.717) is 12.2 Å². The number of halogens is 4. The molecule has 0 aliphatic rings. The second-order valence-electron chi connectivity index (χ2n) is 7.03. The molecule has 0 saturated carbocycles. The molecule has 0 radical (unpaired) electrons. The van der Waals surface area contributed by atoms with Crippen molar-refractivity contribution < 1.29 is 32.2 Å². The lowest BCUT2D eigenvalue weighted by Gasteiger charge is -2.24. The van der Waals surface area contributed by atoms with E-state index in [9.17, 15) is 22.8 Å². The van der Waals surface area contributed by atoms with Crippen LogP contribution < -0.4 is 15.4 Å². The van der Waals surface area contributed by atoms with Crippen LogP contribution in [0.3, 0.4) is 0 Å². The molecule has 0 heterocycles. The lowest BCUT2D eigenvalue weighted by molar-refractivity contribution is -0.149. The van der Waals surface area contributed by atoms with E-state index in [1.54, 1.807) is 39.0 Å². The van der Waals surface area contributed by atoms with E-state index >= 15 is 0 Å². The first-order chi connectivity index (χ1) is 12.8. The maximum atomic E-state index is 12.8. The van der Waals surface area contributed by atoms with Gasteiger partial charge in [-0.25, -0.2) is 4.79 Å². The zero-order chi connectivity index (χ0) is 21.5. The number of hydrogen-bond acceptors (Lipinski definition) is 4. The predicted octanol–water partition coefficient (Wildman–Crippen LogP) is 3.96. The van der Waals surface area contributed by atoms with Crippen molar-refractivity contribution in [3.63, 3.8) is 0 Å². The Morgan fingerprint density at radius 3 is 2.39 bits per heavy atom. The minimum absolute atomic E-state index is 0.0912. The first kappa shape index (κ1) is 24.1. The van der Waals surface area contributed by atoms with Crippen LogP contribution in [0.25, 0.3) is 0 Å². The summed E-state index contributed by atoms with van der Waals surface area (Å²) in [5.74, 6) is -0.336. The Balaban J connectivity index is 2.69. The molecule has 0 saturated heterocycles. The van der Waals surface area contributed by atoms with Crippen molar-refractivity contribution in [2.24, 2.45) is 0 Å². The largest absolute Gasteiger partial charge is 0.496 e. The summed E-state index contributed by atoms with van der Waals surface area (Å²) in [6.07, 6.45) is -6.84. The molecular weight excluding hydrogens is 445 g/mol. The minimum Gasteiger partial charge on any atom is -0.496 e. The first-order valence-electron chi connectivity index (χ1n) is 8.47. The van der Waals surface area contributed by atoms with Gasteiger partial charge in [0.2, 0.25) is 5.91 Å². The van der Waals surface area contributed by atoms with Gasteiger partial charge in [-0.15, -0.1) is 0 Å². The van der Waals surface area contributed by atoms with Gasteiger partial charge in [-0.05, 0) is 60.8 Å². The molecular formula is C18H24BrF3N2O4. The van der Waals surface area contributed by atoms with Gasteiger partial charge in [0.05, 0.1) is 18.0 Å². The zero-order valence-corrected chi connectivity index (χ0v) is 17.7. The highest BCUT2D eigenvalue weighted by Crippen LogP contribution is 2.25. The van der Waals surface area contributed by atoms with E-state index in [1.807, 2.05) is 5.32 Å². The van der Waals surface area contributed by atoms with Gasteiger partial charge >= 0.3 is 12.3 Å². The molecule has 1 atom stereocenters. The topological polar surface area (TPSA) is 76.7 Å². The van der Waals surface area contributed by atoms with Crippen LogP contribution in [0.4, 0.5) is 18.0 Å². The average molecular weight is 469 g/mol. The number of methoxy groups -OCH3 is 1. The van der Waals surface area contributed by atoms with Gasteiger partial charge in [0, 0.05) is 6.54 Å². The summed E-state index contributed by atoms with van der Waals surface area (Å²) >= 11 is 3.32. The van der Waals surface area contributed by atoms with E-state index in [1.165, 1.54) is 7.11 Å². The molecule has 1 rings (SSSR count). The van der Waals surface area contributed by atoms with Gasteiger partial charge < -0.3 is 20.1 Å². The van der Waals surface area contributed by atoms with Crippen molar-refractivity contribution in [2.45, 2.75) is 51.4 Å². The van der Waals surface area contributed by atoms with E-state index in [4.69, 9.17) is 9.47 Å². The quantitative estimate of drug-likeness (QED) is 0.634. The van der Waals surface area contributed by atoms with Crippen LogP contribution >= 0.6 is 15.9 Å². The lowest BCUT2D eigenvalue weighted by atomic mass is 10.1. The normalized spacial score (nSPS) is 12.9. The third-order valence-electron chi connectivity index (χ3n) is 3.37. The number of carbonyl (C=O) groups is 2. The van der Waals surface area contributed by atoms with Gasteiger partial charge in [-0.2, -0.15) is 13.2 Å². The van der Waals surface area contributed by atoms with Crippen molar-refractivity contribution in [2.75, 3.05) is 13.7 Å². The van der Waals surface area contributed by atoms with Gasteiger partial charge in [-0.1, -0.05) is 6.07 Å². The minimum atomic E-state index is -4.63. The smallest absolute Gasteiger partial charge is 0.408 e. The molecule has 158 valence electrons. The first-order valence-corrected chi connectivity index (χ1v) is 9.26. The van der Waals surface area contributed by atoms with E-state index < -0.39 is 36.2 Å². The van der Waals surface area contributed by atoms with Crippen molar-refractivity contribution >= 4 is 27.9 Å². The standard InChI is InChI=1S/C18H24BrF3N2O4/c1-17(2,3)28-16(26)24-13(10-18(20,21)22)15(25)23-8-7-11-5-6-12(19)14(9-11)27-4/h5-6,9,13H,7-8,10H2,1-4H3,(H,23,25)(H,24,26)/t13-/m0/s1. The molecule has 1 aromatic carbocycles. The fraction of sp³-hybridized carbons (Fsp3) is 0.556.